The number of amides is 1. The summed E-state index contributed by atoms with van der Waals surface area (Å²) in [5, 5.41) is 10.4. The first-order chi connectivity index (χ1) is 16.9. The van der Waals surface area contributed by atoms with E-state index in [1.54, 1.807) is 13.3 Å². The molecule has 0 aromatic carbocycles. The van der Waals surface area contributed by atoms with Crippen LogP contribution in [0, 0.1) is 5.92 Å². The average molecular weight is 515 g/mol. The van der Waals surface area contributed by atoms with Crippen LogP contribution in [-0.4, -0.2) is 53.8 Å². The fourth-order valence-electron chi connectivity index (χ4n) is 4.87. The maximum Gasteiger partial charge on any atom is 0.280 e. The Morgan fingerprint density at radius 1 is 1.29 bits per heavy atom. The van der Waals surface area contributed by atoms with E-state index in [1.165, 1.54) is 23.9 Å². The number of aromatic amines is 1. The molecule has 3 atom stereocenters. The van der Waals surface area contributed by atoms with E-state index >= 15 is 0 Å². The number of carbonyl (C=O) groups is 1. The van der Waals surface area contributed by atoms with Gasteiger partial charge in [-0.05, 0) is 37.7 Å². The minimum atomic E-state index is -0.183. The SMILES string of the molecule is COC(c1nc2cnc(-c3ncn[nH]3)cc2n1[C@@H]1CCC[C@H](NC(=O)c2ncc(Cl)s2)C1)C(C)C. The van der Waals surface area contributed by atoms with Gasteiger partial charge in [-0.3, -0.25) is 14.9 Å². The van der Waals surface area contributed by atoms with Crippen molar-refractivity contribution in [2.45, 2.75) is 57.7 Å². The highest BCUT2D eigenvalue weighted by Crippen LogP contribution is 2.37. The van der Waals surface area contributed by atoms with Crippen LogP contribution < -0.4 is 5.32 Å². The number of methoxy groups -OCH3 is 1. The van der Waals surface area contributed by atoms with Crippen molar-refractivity contribution in [3.05, 3.63) is 40.0 Å². The second kappa shape index (κ2) is 10.00. The summed E-state index contributed by atoms with van der Waals surface area (Å²) in [6, 6.07) is 2.15. The number of aromatic nitrogens is 7. The molecule has 1 fully saturated rings. The summed E-state index contributed by atoms with van der Waals surface area (Å²) >= 11 is 7.15. The van der Waals surface area contributed by atoms with E-state index in [0.717, 1.165) is 42.5 Å². The van der Waals surface area contributed by atoms with Crippen LogP contribution in [0.5, 0.6) is 0 Å². The topological polar surface area (TPSA) is 124 Å². The number of hydrogen-bond donors (Lipinski definition) is 2. The normalized spacial score (nSPS) is 19.3. The summed E-state index contributed by atoms with van der Waals surface area (Å²) in [7, 11) is 1.72. The van der Waals surface area contributed by atoms with Crippen molar-refractivity contribution in [2.24, 2.45) is 5.92 Å². The Hall–Kier alpha value is -2.89. The van der Waals surface area contributed by atoms with Gasteiger partial charge in [0.2, 0.25) is 0 Å². The number of imidazole rings is 1. The second-order valence-electron chi connectivity index (χ2n) is 9.09. The number of fused-ring (bicyclic) bond motifs is 1. The molecule has 1 amide bonds. The second-order valence-corrected chi connectivity index (χ2v) is 10.8. The molecule has 1 aliphatic carbocycles. The van der Waals surface area contributed by atoms with E-state index in [-0.39, 0.29) is 30.0 Å². The van der Waals surface area contributed by atoms with Gasteiger partial charge in [-0.15, -0.1) is 0 Å². The van der Waals surface area contributed by atoms with Gasteiger partial charge in [-0.2, -0.15) is 5.10 Å². The van der Waals surface area contributed by atoms with E-state index in [4.69, 9.17) is 21.3 Å². The molecule has 4 aromatic heterocycles. The van der Waals surface area contributed by atoms with Gasteiger partial charge in [0.05, 0.1) is 17.9 Å². The number of nitrogens with one attached hydrogen (secondary N) is 2. The van der Waals surface area contributed by atoms with Gasteiger partial charge in [0, 0.05) is 19.2 Å². The summed E-state index contributed by atoms with van der Waals surface area (Å²) in [6.07, 6.45) is 8.20. The number of hydrogen-bond acceptors (Lipinski definition) is 8. The van der Waals surface area contributed by atoms with Crippen LogP contribution >= 0.6 is 22.9 Å². The molecule has 0 spiro atoms. The summed E-state index contributed by atoms with van der Waals surface area (Å²) < 4.78 is 8.67. The van der Waals surface area contributed by atoms with E-state index in [2.05, 4.69) is 48.9 Å². The number of thiazole rings is 1. The Balaban J connectivity index is 1.51. The van der Waals surface area contributed by atoms with Gasteiger partial charge < -0.3 is 14.6 Å². The fourth-order valence-corrected chi connectivity index (χ4v) is 5.69. The van der Waals surface area contributed by atoms with Crippen molar-refractivity contribution < 1.29 is 9.53 Å². The highest BCUT2D eigenvalue weighted by Gasteiger charge is 2.31. The number of rotatable bonds is 7. The van der Waals surface area contributed by atoms with Crippen molar-refractivity contribution >= 4 is 39.9 Å². The zero-order valence-electron chi connectivity index (χ0n) is 19.7. The standard InChI is InChI=1S/C23H27ClN8O2S/c1-12(2)19(34-3)21-30-16-9-25-15(20-27-11-28-31-20)8-17(16)32(21)14-6-4-5-13(7-14)29-22(33)23-26-10-18(24)35-23/h8-14,19H,4-7H2,1-3H3,(H,29,33)(H,27,28,31)/t13-,14+,19?/m0/s1. The van der Waals surface area contributed by atoms with Crippen LogP contribution in [0.1, 0.15) is 67.3 Å². The van der Waals surface area contributed by atoms with Crippen molar-refractivity contribution in [3.63, 3.8) is 0 Å². The maximum absolute atomic E-state index is 12.7. The number of carbonyl (C=O) groups excluding carboxylic acids is 1. The average Bonchev–Trinajstić information content (AvgIpc) is 3.59. The molecule has 0 radical (unpaired) electrons. The summed E-state index contributed by atoms with van der Waals surface area (Å²) in [5.74, 6) is 1.52. The Bertz CT molecular complexity index is 1320. The van der Waals surface area contributed by atoms with Crippen molar-refractivity contribution in [1.29, 1.82) is 0 Å². The van der Waals surface area contributed by atoms with Crippen LogP contribution in [0.25, 0.3) is 22.6 Å². The Morgan fingerprint density at radius 2 is 2.14 bits per heavy atom. The van der Waals surface area contributed by atoms with Gasteiger partial charge in [0.15, 0.2) is 10.8 Å². The molecule has 0 saturated heterocycles. The van der Waals surface area contributed by atoms with Crippen LogP contribution in [0.4, 0.5) is 0 Å². The first kappa shape index (κ1) is 23.8. The van der Waals surface area contributed by atoms with Gasteiger partial charge in [-0.1, -0.05) is 36.8 Å². The molecule has 5 rings (SSSR count). The molecular formula is C23H27ClN8O2S. The van der Waals surface area contributed by atoms with Gasteiger partial charge in [-0.25, -0.2) is 15.0 Å². The van der Waals surface area contributed by atoms with Crippen molar-refractivity contribution in [2.75, 3.05) is 7.11 Å². The number of nitrogens with zero attached hydrogens (tertiary/aromatic N) is 6. The third-order valence-electron chi connectivity index (χ3n) is 6.39. The van der Waals surface area contributed by atoms with E-state index in [9.17, 15) is 4.79 Å². The number of ether oxygens (including phenoxy) is 1. The van der Waals surface area contributed by atoms with Gasteiger partial charge in [0.1, 0.15) is 33.8 Å². The summed E-state index contributed by atoms with van der Waals surface area (Å²) in [5.41, 5.74) is 2.46. The lowest BCUT2D eigenvalue weighted by Crippen LogP contribution is -2.39. The van der Waals surface area contributed by atoms with Crippen molar-refractivity contribution in [3.8, 4) is 11.5 Å². The number of halogens is 1. The Morgan fingerprint density at radius 3 is 2.83 bits per heavy atom. The van der Waals surface area contributed by atoms with E-state index < -0.39 is 0 Å². The lowest BCUT2D eigenvalue weighted by atomic mass is 9.90. The highest BCUT2D eigenvalue weighted by atomic mass is 35.5. The van der Waals surface area contributed by atoms with Gasteiger partial charge >= 0.3 is 0 Å². The first-order valence-corrected chi connectivity index (χ1v) is 12.8. The number of H-pyrrole nitrogens is 1. The quantitative estimate of drug-likeness (QED) is 0.370. The molecule has 12 heteroatoms. The highest BCUT2D eigenvalue weighted by molar-refractivity contribution is 7.17. The minimum Gasteiger partial charge on any atom is -0.373 e. The summed E-state index contributed by atoms with van der Waals surface area (Å²) in [4.78, 5) is 30.6. The molecule has 35 heavy (non-hydrogen) atoms. The Kier molecular flexibility index (Phi) is 6.81. The monoisotopic (exact) mass is 514 g/mol. The zero-order chi connectivity index (χ0) is 24.5. The molecule has 1 aliphatic rings. The molecule has 0 aliphatic heterocycles. The van der Waals surface area contributed by atoms with Crippen LogP contribution in [-0.2, 0) is 4.74 Å². The predicted molar refractivity (Wildman–Crippen MR) is 133 cm³/mol. The van der Waals surface area contributed by atoms with Crippen LogP contribution in [0.3, 0.4) is 0 Å². The van der Waals surface area contributed by atoms with Crippen molar-refractivity contribution in [1.82, 2.24) is 40.0 Å². The fraction of sp³-hybridized carbons (Fsp3) is 0.478. The summed E-state index contributed by atoms with van der Waals surface area (Å²) in [6.45, 7) is 4.25. The van der Waals surface area contributed by atoms with Crippen LogP contribution in [0.15, 0.2) is 24.8 Å². The van der Waals surface area contributed by atoms with Crippen LogP contribution in [0.2, 0.25) is 4.34 Å². The molecule has 10 nitrogen and oxygen atoms in total. The molecule has 4 heterocycles. The molecule has 2 N–H and O–H groups in total. The Labute approximate surface area is 211 Å². The zero-order valence-corrected chi connectivity index (χ0v) is 21.3. The molecule has 184 valence electrons. The third kappa shape index (κ3) is 4.80. The van der Waals surface area contributed by atoms with E-state index in [0.29, 0.717) is 20.9 Å². The molecular weight excluding hydrogens is 488 g/mol. The molecule has 4 aromatic rings. The lowest BCUT2D eigenvalue weighted by molar-refractivity contribution is 0.0525. The third-order valence-corrected chi connectivity index (χ3v) is 7.51. The number of pyridine rings is 1. The van der Waals surface area contributed by atoms with E-state index in [1.807, 2.05) is 6.07 Å². The molecule has 0 bridgehead atoms. The smallest absolute Gasteiger partial charge is 0.280 e. The largest absolute Gasteiger partial charge is 0.373 e. The molecule has 1 unspecified atom stereocenters. The predicted octanol–water partition coefficient (Wildman–Crippen LogP) is 4.58. The minimum absolute atomic E-state index is 0.0184. The lowest BCUT2D eigenvalue weighted by Gasteiger charge is -2.33. The van der Waals surface area contributed by atoms with Gasteiger partial charge in [0.25, 0.3) is 5.91 Å². The molecule has 1 saturated carbocycles. The first-order valence-electron chi connectivity index (χ1n) is 11.6. The maximum atomic E-state index is 12.7.